The van der Waals surface area contributed by atoms with Crippen molar-refractivity contribution in [1.29, 1.82) is 0 Å². The van der Waals surface area contributed by atoms with Crippen molar-refractivity contribution in [3.8, 4) is 0 Å². The van der Waals surface area contributed by atoms with E-state index in [0.29, 0.717) is 6.61 Å². The van der Waals surface area contributed by atoms with Gasteiger partial charge in [-0.3, -0.25) is 4.68 Å². The number of nitrogens with one attached hydrogen (secondary N) is 1. The molecule has 0 aliphatic carbocycles. The Kier molecular flexibility index (Phi) is 5.63. The number of methoxy groups -OCH3 is 1. The molecule has 0 radical (unpaired) electrons. The maximum atomic E-state index is 5.04. The van der Waals surface area contributed by atoms with Crippen LogP contribution in [0.15, 0.2) is 39.5 Å². The van der Waals surface area contributed by atoms with E-state index in [0.717, 1.165) is 21.2 Å². The van der Waals surface area contributed by atoms with Gasteiger partial charge in [0.25, 0.3) is 0 Å². The molecular weight excluding hydrogens is 386 g/mol. The number of nitrogens with zero attached hydrogens (tertiary/aromatic N) is 2. The normalized spacial score (nSPS) is 12.4. The Balaban J connectivity index is 2.03. The molecule has 0 aliphatic rings. The van der Waals surface area contributed by atoms with Crippen LogP contribution in [0.5, 0.6) is 0 Å². The van der Waals surface area contributed by atoms with Crippen molar-refractivity contribution in [3.05, 3.63) is 45.1 Å². The number of hydrogen-bond acceptors (Lipinski definition) is 3. The van der Waals surface area contributed by atoms with Gasteiger partial charge in [0.05, 0.1) is 25.0 Å². The largest absolute Gasteiger partial charge is 0.383 e. The fourth-order valence-electron chi connectivity index (χ4n) is 1.93. The van der Waals surface area contributed by atoms with Gasteiger partial charge in [0.15, 0.2) is 0 Å². The van der Waals surface area contributed by atoms with Crippen molar-refractivity contribution < 1.29 is 4.74 Å². The van der Waals surface area contributed by atoms with Gasteiger partial charge in [-0.05, 0) is 24.6 Å². The van der Waals surface area contributed by atoms with E-state index in [2.05, 4.69) is 61.3 Å². The molecule has 1 heterocycles. The number of halogens is 2. The van der Waals surface area contributed by atoms with E-state index in [9.17, 15) is 0 Å². The van der Waals surface area contributed by atoms with Crippen LogP contribution in [-0.2, 0) is 11.3 Å². The maximum Gasteiger partial charge on any atom is 0.0731 e. The van der Waals surface area contributed by atoms with E-state index < -0.39 is 0 Å². The number of hydrogen-bond donors (Lipinski definition) is 1. The first-order valence-corrected chi connectivity index (χ1v) is 7.91. The third-order valence-electron chi connectivity index (χ3n) is 2.97. The van der Waals surface area contributed by atoms with Crippen LogP contribution in [0.3, 0.4) is 0 Å². The zero-order valence-corrected chi connectivity index (χ0v) is 14.6. The first kappa shape index (κ1) is 15.5. The average molecular weight is 403 g/mol. The molecule has 0 bridgehead atoms. The van der Waals surface area contributed by atoms with E-state index in [1.165, 1.54) is 5.56 Å². The molecule has 0 amide bonds. The van der Waals surface area contributed by atoms with Crippen LogP contribution in [-0.4, -0.2) is 23.5 Å². The fraction of sp³-hybridized carbons (Fsp3) is 0.357. The van der Waals surface area contributed by atoms with Gasteiger partial charge in [0.2, 0.25) is 0 Å². The molecule has 6 heteroatoms. The molecule has 0 saturated carbocycles. The van der Waals surface area contributed by atoms with E-state index in [-0.39, 0.29) is 6.04 Å². The highest BCUT2D eigenvalue weighted by molar-refractivity contribution is 9.11. The first-order valence-electron chi connectivity index (χ1n) is 6.33. The number of benzene rings is 1. The molecule has 20 heavy (non-hydrogen) atoms. The topological polar surface area (TPSA) is 39.1 Å². The highest BCUT2D eigenvalue weighted by Crippen LogP contribution is 2.28. The van der Waals surface area contributed by atoms with Crippen molar-refractivity contribution in [3.63, 3.8) is 0 Å². The monoisotopic (exact) mass is 401 g/mol. The average Bonchev–Trinajstić information content (AvgIpc) is 2.83. The molecule has 108 valence electrons. The van der Waals surface area contributed by atoms with Crippen LogP contribution in [0, 0.1) is 0 Å². The third-order valence-corrected chi connectivity index (χ3v) is 4.15. The molecular formula is C14H17Br2N3O. The van der Waals surface area contributed by atoms with Crippen LogP contribution in [0.25, 0.3) is 0 Å². The minimum atomic E-state index is 0.192. The molecule has 0 spiro atoms. The van der Waals surface area contributed by atoms with E-state index in [1.807, 2.05) is 23.1 Å². The molecule has 2 rings (SSSR count). The molecule has 1 unspecified atom stereocenters. The van der Waals surface area contributed by atoms with Crippen molar-refractivity contribution in [2.24, 2.45) is 0 Å². The minimum absolute atomic E-state index is 0.192. The summed E-state index contributed by atoms with van der Waals surface area (Å²) in [7, 11) is 1.69. The first-order chi connectivity index (χ1) is 9.60. The Hall–Kier alpha value is -0.850. The van der Waals surface area contributed by atoms with Crippen LogP contribution in [0.2, 0.25) is 0 Å². The highest BCUT2D eigenvalue weighted by Gasteiger charge is 2.10. The predicted octanol–water partition coefficient (Wildman–Crippen LogP) is 4.23. The molecule has 4 nitrogen and oxygen atoms in total. The Bertz CT molecular complexity index is 571. The smallest absolute Gasteiger partial charge is 0.0731 e. The quantitative estimate of drug-likeness (QED) is 0.785. The van der Waals surface area contributed by atoms with Gasteiger partial charge in [0.1, 0.15) is 0 Å². The molecule has 0 aliphatic heterocycles. The van der Waals surface area contributed by atoms with Crippen molar-refractivity contribution in [2.75, 3.05) is 19.0 Å². The number of aromatic nitrogens is 2. The minimum Gasteiger partial charge on any atom is -0.383 e. The fourth-order valence-corrected chi connectivity index (χ4v) is 3.32. The maximum absolute atomic E-state index is 5.04. The highest BCUT2D eigenvalue weighted by atomic mass is 79.9. The number of anilines is 1. The van der Waals surface area contributed by atoms with E-state index in [4.69, 9.17) is 4.74 Å². The second-order valence-electron chi connectivity index (χ2n) is 4.52. The van der Waals surface area contributed by atoms with Crippen LogP contribution in [0.1, 0.15) is 18.5 Å². The summed E-state index contributed by atoms with van der Waals surface area (Å²) in [6.45, 7) is 3.55. The van der Waals surface area contributed by atoms with Crippen molar-refractivity contribution >= 4 is 37.5 Å². The second kappa shape index (κ2) is 7.24. The number of rotatable bonds is 6. The lowest BCUT2D eigenvalue weighted by molar-refractivity contribution is 0.183. The summed E-state index contributed by atoms with van der Waals surface area (Å²) < 4.78 is 9.06. The summed E-state index contributed by atoms with van der Waals surface area (Å²) in [5, 5.41) is 7.74. The molecule has 1 atom stereocenters. The van der Waals surface area contributed by atoms with Gasteiger partial charge < -0.3 is 10.1 Å². The van der Waals surface area contributed by atoms with Gasteiger partial charge >= 0.3 is 0 Å². The molecule has 1 N–H and O–H groups in total. The summed E-state index contributed by atoms with van der Waals surface area (Å²) >= 11 is 7.06. The summed E-state index contributed by atoms with van der Waals surface area (Å²) in [5.41, 5.74) is 2.21. The SMILES string of the molecule is COCCn1cc(NC(C)c2ccc(Br)cc2Br)cn1. The summed E-state index contributed by atoms with van der Waals surface area (Å²) in [5.74, 6) is 0. The van der Waals surface area contributed by atoms with E-state index in [1.54, 1.807) is 7.11 Å². The Labute approximate surface area is 135 Å². The van der Waals surface area contributed by atoms with Crippen LogP contribution < -0.4 is 5.32 Å². The third kappa shape index (κ3) is 4.07. The summed E-state index contributed by atoms with van der Waals surface area (Å²) in [4.78, 5) is 0. The zero-order valence-electron chi connectivity index (χ0n) is 11.4. The Morgan fingerprint density at radius 2 is 2.20 bits per heavy atom. The van der Waals surface area contributed by atoms with E-state index >= 15 is 0 Å². The van der Waals surface area contributed by atoms with Gasteiger partial charge in [-0.25, -0.2) is 0 Å². The zero-order chi connectivity index (χ0) is 14.5. The van der Waals surface area contributed by atoms with Gasteiger partial charge in [-0.1, -0.05) is 37.9 Å². The van der Waals surface area contributed by atoms with Crippen molar-refractivity contribution in [2.45, 2.75) is 19.5 Å². The lowest BCUT2D eigenvalue weighted by Crippen LogP contribution is -2.07. The lowest BCUT2D eigenvalue weighted by Gasteiger charge is -2.16. The molecule has 1 aromatic carbocycles. The summed E-state index contributed by atoms with van der Waals surface area (Å²) in [6.07, 6.45) is 3.82. The lowest BCUT2D eigenvalue weighted by atomic mass is 10.1. The molecule has 0 fully saturated rings. The Morgan fingerprint density at radius 3 is 2.90 bits per heavy atom. The Morgan fingerprint density at radius 1 is 1.40 bits per heavy atom. The predicted molar refractivity (Wildman–Crippen MR) is 88.0 cm³/mol. The van der Waals surface area contributed by atoms with Gasteiger partial charge in [0, 0.05) is 28.3 Å². The second-order valence-corrected chi connectivity index (χ2v) is 6.29. The molecule has 2 aromatic rings. The standard InChI is InChI=1S/C14H17Br2N3O/c1-10(13-4-3-11(15)7-14(13)16)18-12-8-17-19(9-12)5-6-20-2/h3-4,7-10,18H,5-6H2,1-2H3. The van der Waals surface area contributed by atoms with Gasteiger partial charge in [-0.2, -0.15) is 5.10 Å². The number of ether oxygens (including phenoxy) is 1. The van der Waals surface area contributed by atoms with Gasteiger partial charge in [-0.15, -0.1) is 0 Å². The van der Waals surface area contributed by atoms with Crippen molar-refractivity contribution in [1.82, 2.24) is 9.78 Å². The summed E-state index contributed by atoms with van der Waals surface area (Å²) in [6, 6.07) is 6.38. The van der Waals surface area contributed by atoms with Crippen LogP contribution in [0.4, 0.5) is 5.69 Å². The molecule has 1 aromatic heterocycles. The van der Waals surface area contributed by atoms with Crippen LogP contribution >= 0.6 is 31.9 Å². The molecule has 0 saturated heterocycles.